The van der Waals surface area contributed by atoms with Crippen LogP contribution in [0.15, 0.2) is 51.4 Å². The number of nitrogens with zero attached hydrogens (tertiary/aromatic N) is 4. The van der Waals surface area contributed by atoms with Crippen LogP contribution in [0.3, 0.4) is 0 Å². The summed E-state index contributed by atoms with van der Waals surface area (Å²) in [5.74, 6) is 0.0830. The molecule has 0 spiro atoms. The normalized spacial score (nSPS) is 22.5. The molecule has 1 saturated carbocycles. The number of carbonyl (C=O) groups is 2. The van der Waals surface area contributed by atoms with Gasteiger partial charge in [-0.3, -0.25) is 14.6 Å². The van der Waals surface area contributed by atoms with Crippen molar-refractivity contribution in [1.29, 1.82) is 0 Å². The van der Waals surface area contributed by atoms with Crippen molar-refractivity contribution in [3.8, 4) is 0 Å². The number of ether oxygens (including phenoxy) is 2. The van der Waals surface area contributed by atoms with Crippen molar-refractivity contribution in [2.45, 2.75) is 91.2 Å². The Bertz CT molecular complexity index is 1050. The number of nitrogens with one attached hydrogen (secondary N) is 1. The van der Waals surface area contributed by atoms with Crippen molar-refractivity contribution in [3.63, 3.8) is 0 Å². The van der Waals surface area contributed by atoms with Gasteiger partial charge in [0.05, 0.1) is 17.8 Å². The SMILES string of the molecule is C/C=N\N(/C(=C/C=O)C1=C(NC)C=C(C)C(C(=O)N2CCCN(CCCOC3CC3)CC2)=CC1)C1CCCOCC1.CC. The van der Waals surface area contributed by atoms with Gasteiger partial charge in [0.15, 0.2) is 0 Å². The molecule has 0 aromatic rings. The fraction of sp³-hybridized carbons (Fsp3) is 0.676. The summed E-state index contributed by atoms with van der Waals surface area (Å²) in [6.07, 6.45) is 16.5. The van der Waals surface area contributed by atoms with Gasteiger partial charge in [-0.15, -0.1) is 0 Å². The van der Waals surface area contributed by atoms with Gasteiger partial charge in [-0.05, 0) is 83.4 Å². The van der Waals surface area contributed by atoms with Crippen LogP contribution in [0.25, 0.3) is 0 Å². The highest BCUT2D eigenvalue weighted by molar-refractivity contribution is 5.98. The average molecular weight is 598 g/mol. The number of carbonyl (C=O) groups excluding carboxylic acids is 2. The monoisotopic (exact) mass is 597 g/mol. The summed E-state index contributed by atoms with van der Waals surface area (Å²) in [7, 11) is 1.89. The number of hydrogen-bond acceptors (Lipinski definition) is 8. The first kappa shape index (κ1) is 34.7. The van der Waals surface area contributed by atoms with E-state index in [-0.39, 0.29) is 11.9 Å². The zero-order chi connectivity index (χ0) is 31.0. The first-order valence-corrected chi connectivity index (χ1v) is 16.5. The smallest absolute Gasteiger partial charge is 0.253 e. The first-order valence-electron chi connectivity index (χ1n) is 16.5. The molecule has 43 heavy (non-hydrogen) atoms. The molecule has 240 valence electrons. The van der Waals surface area contributed by atoms with Gasteiger partial charge in [0.25, 0.3) is 5.91 Å². The van der Waals surface area contributed by atoms with Crippen molar-refractivity contribution in [2.24, 2.45) is 5.10 Å². The molecule has 1 amide bonds. The topological polar surface area (TPSA) is 86.7 Å². The Balaban J connectivity index is 0.00000248. The van der Waals surface area contributed by atoms with Gasteiger partial charge in [-0.25, -0.2) is 0 Å². The Kier molecular flexibility index (Phi) is 15.2. The summed E-state index contributed by atoms with van der Waals surface area (Å²) in [6, 6.07) is 0.129. The van der Waals surface area contributed by atoms with E-state index < -0.39 is 0 Å². The van der Waals surface area contributed by atoms with E-state index in [1.54, 1.807) is 12.3 Å². The highest BCUT2D eigenvalue weighted by Crippen LogP contribution is 2.32. The van der Waals surface area contributed by atoms with Gasteiger partial charge in [-0.2, -0.15) is 5.10 Å². The fourth-order valence-electron chi connectivity index (χ4n) is 5.91. The van der Waals surface area contributed by atoms with Crippen LogP contribution in [0, 0.1) is 0 Å². The molecule has 2 heterocycles. The van der Waals surface area contributed by atoms with E-state index in [9.17, 15) is 9.59 Å². The predicted molar refractivity (Wildman–Crippen MR) is 174 cm³/mol. The number of rotatable bonds is 12. The molecule has 2 aliphatic heterocycles. The van der Waals surface area contributed by atoms with E-state index in [2.05, 4.69) is 10.2 Å². The Labute approximate surface area is 259 Å². The van der Waals surface area contributed by atoms with Crippen LogP contribution in [-0.2, 0) is 19.1 Å². The van der Waals surface area contributed by atoms with E-state index in [1.165, 1.54) is 12.8 Å². The Morgan fingerprint density at radius 2 is 1.95 bits per heavy atom. The minimum atomic E-state index is 0.0830. The minimum absolute atomic E-state index is 0.0830. The largest absolute Gasteiger partial charge is 0.388 e. The average Bonchev–Trinajstić information content (AvgIpc) is 3.89. The number of amides is 1. The van der Waals surface area contributed by atoms with E-state index in [1.807, 2.05) is 56.8 Å². The van der Waals surface area contributed by atoms with Crippen molar-refractivity contribution in [1.82, 2.24) is 20.1 Å². The maximum atomic E-state index is 13.9. The van der Waals surface area contributed by atoms with E-state index in [0.717, 1.165) is 112 Å². The number of hydrazone groups is 1. The summed E-state index contributed by atoms with van der Waals surface area (Å²) >= 11 is 0. The van der Waals surface area contributed by atoms with E-state index in [0.29, 0.717) is 19.1 Å². The molecule has 2 saturated heterocycles. The Hall–Kier alpha value is -2.75. The molecule has 9 heteroatoms. The lowest BCUT2D eigenvalue weighted by Gasteiger charge is -2.31. The summed E-state index contributed by atoms with van der Waals surface area (Å²) in [5.41, 5.74) is 4.27. The van der Waals surface area contributed by atoms with Crippen LogP contribution in [0.2, 0.25) is 0 Å². The lowest BCUT2D eigenvalue weighted by atomic mass is 10.0. The molecule has 1 N–H and O–H groups in total. The lowest BCUT2D eigenvalue weighted by molar-refractivity contribution is -0.126. The molecule has 0 radical (unpaired) electrons. The molecule has 4 aliphatic rings. The van der Waals surface area contributed by atoms with Crippen LogP contribution in [0.1, 0.15) is 79.1 Å². The highest BCUT2D eigenvalue weighted by Gasteiger charge is 2.28. The standard InChI is InChI=1S/C32H49N5O4.C2H6/c1-4-34-37(26-8-5-21-40-23-14-26)31(13-20-38)29-12-11-28(25(2)24-30(29)33-3)32(39)36-17-6-15-35(18-19-36)16-7-22-41-27-9-10-27;1-2/h4,11,13,20,24,26-27,33H,5-10,12,14-19,21-23H2,1-3H3;1-2H3/b31-13+,34-4-;. The Morgan fingerprint density at radius 3 is 2.67 bits per heavy atom. The van der Waals surface area contributed by atoms with Gasteiger partial charge >= 0.3 is 0 Å². The highest BCUT2D eigenvalue weighted by atomic mass is 16.5. The summed E-state index contributed by atoms with van der Waals surface area (Å²) < 4.78 is 11.5. The van der Waals surface area contributed by atoms with Crippen molar-refractivity contribution < 1.29 is 19.1 Å². The van der Waals surface area contributed by atoms with Crippen molar-refractivity contribution in [2.75, 3.05) is 59.6 Å². The first-order chi connectivity index (χ1) is 21.0. The van der Waals surface area contributed by atoms with E-state index in [4.69, 9.17) is 14.6 Å². The third-order valence-corrected chi connectivity index (χ3v) is 8.28. The zero-order valence-corrected chi connectivity index (χ0v) is 27.3. The van der Waals surface area contributed by atoms with Crippen molar-refractivity contribution >= 4 is 18.4 Å². The predicted octanol–water partition coefficient (Wildman–Crippen LogP) is 4.83. The van der Waals surface area contributed by atoms with Gasteiger partial charge in [0, 0.05) is 82.2 Å². The molecule has 2 aliphatic carbocycles. The van der Waals surface area contributed by atoms with Gasteiger partial charge in [-0.1, -0.05) is 19.9 Å². The van der Waals surface area contributed by atoms with E-state index >= 15 is 0 Å². The number of likely N-dealkylation sites (N-methyl/N-ethyl adjacent to an activating group) is 1. The molecular weight excluding hydrogens is 542 g/mol. The van der Waals surface area contributed by atoms with Crippen LogP contribution >= 0.6 is 0 Å². The molecule has 1 atom stereocenters. The number of allylic oxidation sites excluding steroid dienone is 4. The molecule has 3 fully saturated rings. The minimum Gasteiger partial charge on any atom is -0.388 e. The second-order valence-electron chi connectivity index (χ2n) is 11.3. The molecule has 4 rings (SSSR count). The van der Waals surface area contributed by atoms with Crippen LogP contribution in [-0.4, -0.2) is 105 Å². The fourth-order valence-corrected chi connectivity index (χ4v) is 5.91. The molecular formula is C34H55N5O4. The third-order valence-electron chi connectivity index (χ3n) is 8.28. The molecule has 0 aromatic heterocycles. The summed E-state index contributed by atoms with van der Waals surface area (Å²) in [5, 5.41) is 10.0. The lowest BCUT2D eigenvalue weighted by Crippen LogP contribution is -2.36. The summed E-state index contributed by atoms with van der Waals surface area (Å²) in [4.78, 5) is 30.2. The Morgan fingerprint density at radius 1 is 1.14 bits per heavy atom. The number of hydrogen-bond donors (Lipinski definition) is 1. The molecule has 0 bridgehead atoms. The third kappa shape index (κ3) is 10.4. The van der Waals surface area contributed by atoms with Gasteiger partial charge in [0.2, 0.25) is 0 Å². The van der Waals surface area contributed by atoms with Crippen LogP contribution in [0.5, 0.6) is 0 Å². The van der Waals surface area contributed by atoms with Crippen LogP contribution < -0.4 is 5.32 Å². The quantitative estimate of drug-likeness (QED) is 0.113. The second kappa shape index (κ2) is 18.8. The zero-order valence-electron chi connectivity index (χ0n) is 27.3. The molecule has 1 unspecified atom stereocenters. The maximum absolute atomic E-state index is 13.9. The van der Waals surface area contributed by atoms with Gasteiger partial charge < -0.3 is 24.6 Å². The van der Waals surface area contributed by atoms with Crippen molar-refractivity contribution in [3.05, 3.63) is 46.3 Å². The van der Waals surface area contributed by atoms with Gasteiger partial charge in [0.1, 0.15) is 6.29 Å². The maximum Gasteiger partial charge on any atom is 0.253 e. The molecule has 9 nitrogen and oxygen atoms in total. The second-order valence-corrected chi connectivity index (χ2v) is 11.3. The van der Waals surface area contributed by atoms with Crippen LogP contribution in [0.4, 0.5) is 0 Å². The summed E-state index contributed by atoms with van der Waals surface area (Å²) in [6.45, 7) is 14.6. The molecule has 0 aromatic carbocycles. The number of aldehydes is 1.